The number of carbonyl (C=O) groups is 1. The molecule has 1 amide bonds. The van der Waals surface area contributed by atoms with Crippen LogP contribution >= 0.6 is 24.2 Å². The molecule has 0 radical (unpaired) electrons. The first kappa shape index (κ1) is 34.1. The van der Waals surface area contributed by atoms with Crippen molar-refractivity contribution in [1.82, 2.24) is 20.6 Å². The predicted molar refractivity (Wildman–Crippen MR) is 184 cm³/mol. The van der Waals surface area contributed by atoms with E-state index >= 15 is 0 Å². The smallest absolute Gasteiger partial charge is 0.254 e. The van der Waals surface area contributed by atoms with E-state index in [9.17, 15) is 9.59 Å². The van der Waals surface area contributed by atoms with Gasteiger partial charge in [-0.1, -0.05) is 0 Å². The van der Waals surface area contributed by atoms with Crippen LogP contribution in [0, 0.1) is 19.8 Å². The van der Waals surface area contributed by atoms with E-state index < -0.39 is 5.79 Å². The molecule has 0 aliphatic carbocycles. The maximum Gasteiger partial charge on any atom is 0.254 e. The number of ether oxygens (including phenoxy) is 3. The lowest BCUT2D eigenvalue weighted by atomic mass is 9.90. The lowest BCUT2D eigenvalue weighted by molar-refractivity contribution is -0.117. The average molecular weight is 670 g/mol. The second-order valence-electron chi connectivity index (χ2n) is 12.6. The van der Waals surface area contributed by atoms with Crippen LogP contribution in [0.2, 0.25) is 0 Å². The lowest BCUT2D eigenvalue weighted by Crippen LogP contribution is -2.47. The van der Waals surface area contributed by atoms with Gasteiger partial charge in [0.1, 0.15) is 5.82 Å². The Morgan fingerprint density at radius 1 is 1.11 bits per heavy atom. The van der Waals surface area contributed by atoms with Crippen molar-refractivity contribution in [3.05, 3.63) is 63.2 Å². The first-order valence-corrected chi connectivity index (χ1v) is 17.0. The number of piperidine rings is 1. The third-order valence-electron chi connectivity index (χ3n) is 9.10. The van der Waals surface area contributed by atoms with Gasteiger partial charge in [0.05, 0.1) is 12.2 Å². The zero-order valence-electron chi connectivity index (χ0n) is 27.3. The SMILES string of the molecule is CSc1cc(C)[nH]c(=O)c1CNC(=O)c1cc(-c2ccc(N3C[C@@H](C)O[C@@H](C)C3)nc2)c2c(c1C)OC(C)(C1CCNCC1)O2.Cl. The van der Waals surface area contributed by atoms with Crippen LogP contribution in [0.25, 0.3) is 11.1 Å². The van der Waals surface area contributed by atoms with E-state index in [4.69, 9.17) is 19.2 Å². The molecule has 2 fully saturated rings. The molecule has 2 saturated heterocycles. The zero-order valence-corrected chi connectivity index (χ0v) is 29.0. The summed E-state index contributed by atoms with van der Waals surface area (Å²) in [6, 6.07) is 7.83. The monoisotopic (exact) mass is 669 g/mol. The minimum absolute atomic E-state index is 0. The number of rotatable bonds is 7. The number of hydrogen-bond donors (Lipinski definition) is 3. The number of anilines is 1. The number of pyridine rings is 2. The summed E-state index contributed by atoms with van der Waals surface area (Å²) in [5, 5.41) is 6.41. The second-order valence-corrected chi connectivity index (χ2v) is 13.4. The van der Waals surface area contributed by atoms with E-state index in [1.165, 1.54) is 11.8 Å². The summed E-state index contributed by atoms with van der Waals surface area (Å²) in [5.74, 6) is 1.15. The van der Waals surface area contributed by atoms with Crippen LogP contribution in [0.15, 0.2) is 40.2 Å². The topological polar surface area (TPSA) is 118 Å². The van der Waals surface area contributed by atoms with Crippen molar-refractivity contribution in [2.75, 3.05) is 37.3 Å². The molecule has 0 spiro atoms. The van der Waals surface area contributed by atoms with Crippen molar-refractivity contribution in [2.24, 2.45) is 5.92 Å². The Labute approximate surface area is 280 Å². The Kier molecular flexibility index (Phi) is 10.3. The molecule has 3 aliphatic heterocycles. The van der Waals surface area contributed by atoms with Gasteiger partial charge in [-0.15, -0.1) is 24.2 Å². The van der Waals surface area contributed by atoms with Gasteiger partial charge in [0, 0.05) is 77.1 Å². The van der Waals surface area contributed by atoms with Gasteiger partial charge < -0.3 is 34.7 Å². The maximum atomic E-state index is 13.8. The van der Waals surface area contributed by atoms with Gasteiger partial charge in [-0.3, -0.25) is 9.59 Å². The number of aromatic nitrogens is 2. The summed E-state index contributed by atoms with van der Waals surface area (Å²) in [6.45, 7) is 13.4. The molecule has 248 valence electrons. The minimum Gasteiger partial charge on any atom is -0.448 e. The molecule has 0 saturated carbocycles. The number of H-pyrrole nitrogens is 1. The van der Waals surface area contributed by atoms with Gasteiger partial charge in [-0.05, 0) is 84.1 Å². The molecule has 12 heteroatoms. The van der Waals surface area contributed by atoms with Crippen molar-refractivity contribution in [2.45, 2.75) is 76.9 Å². The Bertz CT molecular complexity index is 1630. The van der Waals surface area contributed by atoms with Crippen LogP contribution in [0.4, 0.5) is 5.82 Å². The van der Waals surface area contributed by atoms with Crippen molar-refractivity contribution >= 4 is 35.9 Å². The highest BCUT2D eigenvalue weighted by molar-refractivity contribution is 7.98. The van der Waals surface area contributed by atoms with Gasteiger partial charge in [0.2, 0.25) is 0 Å². The van der Waals surface area contributed by atoms with Gasteiger partial charge in [-0.25, -0.2) is 4.98 Å². The number of aryl methyl sites for hydroxylation is 1. The van der Waals surface area contributed by atoms with Crippen LogP contribution in [-0.2, 0) is 11.3 Å². The normalized spacial score (nSPS) is 22.8. The fourth-order valence-electron chi connectivity index (χ4n) is 6.74. The zero-order chi connectivity index (χ0) is 31.9. The third kappa shape index (κ3) is 6.74. The van der Waals surface area contributed by atoms with Crippen molar-refractivity contribution in [3.8, 4) is 22.6 Å². The Balaban J connectivity index is 0.00000417. The van der Waals surface area contributed by atoms with E-state index in [2.05, 4.69) is 34.4 Å². The molecule has 1 aromatic carbocycles. The van der Waals surface area contributed by atoms with Gasteiger partial charge in [-0.2, -0.15) is 0 Å². The molecule has 5 heterocycles. The maximum absolute atomic E-state index is 13.8. The van der Waals surface area contributed by atoms with E-state index in [-0.39, 0.29) is 48.5 Å². The second kappa shape index (κ2) is 13.9. The number of nitrogens with zero attached hydrogens (tertiary/aromatic N) is 2. The molecular weight excluding hydrogens is 626 g/mol. The average Bonchev–Trinajstić information content (AvgIpc) is 3.39. The molecule has 3 aliphatic rings. The summed E-state index contributed by atoms with van der Waals surface area (Å²) in [5.41, 5.74) is 3.87. The fraction of sp³-hybridized carbons (Fsp3) is 0.500. The Hall–Kier alpha value is -3.25. The van der Waals surface area contributed by atoms with E-state index in [1.807, 2.05) is 57.5 Å². The van der Waals surface area contributed by atoms with Crippen LogP contribution < -0.4 is 30.6 Å². The number of morpholine rings is 1. The Morgan fingerprint density at radius 3 is 2.46 bits per heavy atom. The van der Waals surface area contributed by atoms with Crippen LogP contribution in [0.1, 0.15) is 60.8 Å². The molecule has 1 unspecified atom stereocenters. The first-order valence-electron chi connectivity index (χ1n) is 15.7. The van der Waals surface area contributed by atoms with Crippen molar-refractivity contribution < 1.29 is 19.0 Å². The summed E-state index contributed by atoms with van der Waals surface area (Å²) in [6.07, 6.45) is 5.87. The summed E-state index contributed by atoms with van der Waals surface area (Å²) in [4.78, 5) is 37.3. The molecule has 3 atom stereocenters. The lowest BCUT2D eigenvalue weighted by Gasteiger charge is -2.36. The van der Waals surface area contributed by atoms with Crippen molar-refractivity contribution in [3.63, 3.8) is 0 Å². The van der Waals surface area contributed by atoms with E-state index in [1.54, 1.807) is 0 Å². The summed E-state index contributed by atoms with van der Waals surface area (Å²) < 4.78 is 19.3. The number of hydrogen-bond acceptors (Lipinski definition) is 9. The Morgan fingerprint density at radius 2 is 1.80 bits per heavy atom. The fourth-order valence-corrected chi connectivity index (χ4v) is 7.45. The predicted octanol–water partition coefficient (Wildman–Crippen LogP) is 5.23. The van der Waals surface area contributed by atoms with Crippen molar-refractivity contribution in [1.29, 1.82) is 0 Å². The third-order valence-corrected chi connectivity index (χ3v) is 9.90. The number of amides is 1. The quantitative estimate of drug-likeness (QED) is 0.291. The number of nitrogens with one attached hydrogen (secondary N) is 3. The van der Waals surface area contributed by atoms with Gasteiger partial charge in [0.25, 0.3) is 17.3 Å². The molecule has 3 N–H and O–H groups in total. The highest BCUT2D eigenvalue weighted by Gasteiger charge is 2.46. The summed E-state index contributed by atoms with van der Waals surface area (Å²) >= 11 is 1.49. The van der Waals surface area contributed by atoms with E-state index in [0.717, 1.165) is 66.6 Å². The number of fused-ring (bicyclic) bond motifs is 1. The first-order chi connectivity index (χ1) is 21.6. The minimum atomic E-state index is -0.852. The molecule has 2 aromatic heterocycles. The number of aromatic amines is 1. The summed E-state index contributed by atoms with van der Waals surface area (Å²) in [7, 11) is 0. The molecule has 3 aromatic rings. The number of thioether (sulfide) groups is 1. The molecule has 46 heavy (non-hydrogen) atoms. The highest BCUT2D eigenvalue weighted by atomic mass is 35.5. The molecule has 0 bridgehead atoms. The number of halogens is 1. The van der Waals surface area contributed by atoms with Gasteiger partial charge in [0.15, 0.2) is 11.5 Å². The van der Waals surface area contributed by atoms with Crippen LogP contribution in [0.5, 0.6) is 11.5 Å². The largest absolute Gasteiger partial charge is 0.448 e. The van der Waals surface area contributed by atoms with Crippen LogP contribution in [0.3, 0.4) is 0 Å². The molecule has 6 rings (SSSR count). The standard InChI is InChI=1S/C34H43N5O5S.ClH/c1-19-13-28(45-6)27(33(41)38-19)16-37-32(40)25-14-26(23-7-8-29(36-15-23)39-17-20(2)42-21(3)18-39)31-30(22(25)4)43-34(5,44-31)24-9-11-35-12-10-24;/h7-8,13-15,20-21,24,35H,9-12,16-18H2,1-6H3,(H,37,40)(H,38,41);1H/t20-,21+,34?;. The van der Waals surface area contributed by atoms with Crippen LogP contribution in [-0.4, -0.2) is 66.3 Å². The number of benzene rings is 1. The van der Waals surface area contributed by atoms with E-state index in [0.29, 0.717) is 28.2 Å². The molecular formula is C34H44ClN5O5S. The highest BCUT2D eigenvalue weighted by Crippen LogP contribution is 2.52. The molecule has 10 nitrogen and oxygen atoms in total. The van der Waals surface area contributed by atoms with Gasteiger partial charge >= 0.3 is 0 Å². The number of carbonyl (C=O) groups excluding carboxylic acids is 1.